The van der Waals surface area contributed by atoms with Gasteiger partial charge in [-0.1, -0.05) is 57.8 Å². The molecule has 4 heteroatoms. The molecule has 1 heterocycles. The molecular formula is C29H37ClN2O+. The second-order valence-electron chi connectivity index (χ2n) is 10.7. The summed E-state index contributed by atoms with van der Waals surface area (Å²) >= 11 is 6.19. The second kappa shape index (κ2) is 10.3. The molecule has 0 N–H and O–H groups in total. The molecule has 3 aromatic rings. The summed E-state index contributed by atoms with van der Waals surface area (Å²) in [5.41, 5.74) is 10.7. The molecule has 0 unspecified atom stereocenters. The van der Waals surface area contributed by atoms with Gasteiger partial charge < -0.3 is 0 Å². The van der Waals surface area contributed by atoms with Crippen LogP contribution < -0.4 is 10.0 Å². The van der Waals surface area contributed by atoms with E-state index in [4.69, 9.17) is 16.4 Å². The lowest BCUT2D eigenvalue weighted by Gasteiger charge is -2.27. The molecule has 0 aliphatic rings. The molecule has 2 aromatic carbocycles. The van der Waals surface area contributed by atoms with E-state index in [9.17, 15) is 0 Å². The summed E-state index contributed by atoms with van der Waals surface area (Å²) in [4.78, 5) is 5.93. The van der Waals surface area contributed by atoms with Crippen molar-refractivity contribution in [1.29, 1.82) is 0 Å². The molecule has 0 fully saturated rings. The summed E-state index contributed by atoms with van der Waals surface area (Å²) in [6.07, 6.45) is 6.72. The highest BCUT2D eigenvalue weighted by molar-refractivity contribution is 6.30. The molecule has 0 saturated heterocycles. The molecule has 1 radical (unpaired) electrons. The van der Waals surface area contributed by atoms with Gasteiger partial charge in [0.05, 0.1) is 5.60 Å². The van der Waals surface area contributed by atoms with E-state index >= 15 is 0 Å². The van der Waals surface area contributed by atoms with Gasteiger partial charge >= 0.3 is 0 Å². The largest absolute Gasteiger partial charge is 0.246 e. The van der Waals surface area contributed by atoms with Gasteiger partial charge in [0.2, 0.25) is 0 Å². The molecule has 0 spiro atoms. The van der Waals surface area contributed by atoms with Crippen LogP contribution in [0.5, 0.6) is 0 Å². The van der Waals surface area contributed by atoms with Gasteiger partial charge in [-0.3, -0.25) is 0 Å². The topological polar surface area (TPSA) is 27.2 Å². The zero-order chi connectivity index (χ0) is 24.2. The van der Waals surface area contributed by atoms with Crippen molar-refractivity contribution in [2.45, 2.75) is 78.9 Å². The summed E-state index contributed by atoms with van der Waals surface area (Å²) in [5, 5.41) is 0.718. The lowest BCUT2D eigenvalue weighted by atomic mass is 9.81. The fourth-order valence-corrected chi connectivity index (χ4v) is 3.77. The number of unbranched alkanes of at least 4 members (excludes halogenated alkanes) is 1. The fraction of sp³-hybridized carbons (Fsp3) is 0.414. The Morgan fingerprint density at radius 3 is 2.03 bits per heavy atom. The van der Waals surface area contributed by atoms with Crippen molar-refractivity contribution >= 4 is 17.3 Å². The maximum Gasteiger partial charge on any atom is 0.169 e. The third-order valence-corrected chi connectivity index (χ3v) is 5.73. The van der Waals surface area contributed by atoms with E-state index in [1.807, 2.05) is 45.0 Å². The van der Waals surface area contributed by atoms with Crippen molar-refractivity contribution < 1.29 is 9.40 Å². The minimum Gasteiger partial charge on any atom is -0.246 e. The first-order chi connectivity index (χ1) is 15.5. The Morgan fingerprint density at radius 1 is 0.848 bits per heavy atom. The molecule has 0 saturated carbocycles. The molecule has 3 rings (SSSR count). The quantitative estimate of drug-likeness (QED) is 0.257. The first-order valence-electron chi connectivity index (χ1n) is 11.8. The zero-order valence-corrected chi connectivity index (χ0v) is 21.8. The van der Waals surface area contributed by atoms with Crippen molar-refractivity contribution in [2.75, 3.05) is 0 Å². The Bertz CT molecular complexity index is 1060. The standard InChI is InChI=1S/C29H37ClN2O/c1-8-9-16-32-17-14-21(15-18-32)23-19-25(22-10-12-24(30)13-11-22)27(31-33-29(5,6)7)26(20-23)28(2,3)4/h10-15,17-20H,8-9,16H2,1-7H3/q+1. The molecule has 3 nitrogen and oxygen atoms in total. The minimum absolute atomic E-state index is 0.118. The van der Waals surface area contributed by atoms with Crippen LogP contribution in [0.1, 0.15) is 66.9 Å². The maximum atomic E-state index is 6.19. The number of nitrogens with zero attached hydrogens (tertiary/aromatic N) is 2. The van der Waals surface area contributed by atoms with E-state index in [-0.39, 0.29) is 11.0 Å². The number of aromatic nitrogens is 1. The van der Waals surface area contributed by atoms with Crippen LogP contribution in [0.3, 0.4) is 0 Å². The van der Waals surface area contributed by atoms with Gasteiger partial charge in [0.15, 0.2) is 12.4 Å². The van der Waals surface area contributed by atoms with Crippen LogP contribution in [-0.2, 0) is 16.8 Å². The van der Waals surface area contributed by atoms with Gasteiger partial charge in [-0.25, -0.2) is 9.40 Å². The minimum atomic E-state index is -0.378. The third-order valence-electron chi connectivity index (χ3n) is 5.48. The number of rotatable bonds is 7. The summed E-state index contributed by atoms with van der Waals surface area (Å²) < 4.78 is 2.25. The van der Waals surface area contributed by atoms with Crippen LogP contribution in [-0.4, -0.2) is 5.60 Å². The number of aryl methyl sites for hydroxylation is 1. The monoisotopic (exact) mass is 464 g/mol. The molecule has 0 atom stereocenters. The van der Waals surface area contributed by atoms with Crippen molar-refractivity contribution in [3.63, 3.8) is 0 Å². The molecule has 175 valence electrons. The highest BCUT2D eigenvalue weighted by Gasteiger charge is 2.25. The summed E-state index contributed by atoms with van der Waals surface area (Å²) in [7, 11) is 0. The highest BCUT2D eigenvalue weighted by Crippen LogP contribution is 2.41. The molecular weight excluding hydrogens is 428 g/mol. The lowest BCUT2D eigenvalue weighted by Crippen LogP contribution is -2.32. The Labute approximate surface area is 204 Å². The highest BCUT2D eigenvalue weighted by atomic mass is 35.5. The van der Waals surface area contributed by atoms with Gasteiger partial charge in [0.1, 0.15) is 12.2 Å². The molecule has 0 bridgehead atoms. The normalized spacial score (nSPS) is 12.1. The summed E-state index contributed by atoms with van der Waals surface area (Å²) in [6.45, 7) is 16.0. The second-order valence-corrected chi connectivity index (χ2v) is 11.1. The van der Waals surface area contributed by atoms with Crippen LogP contribution in [0.15, 0.2) is 60.9 Å². The van der Waals surface area contributed by atoms with Gasteiger partial charge in [-0.2, -0.15) is 0 Å². The van der Waals surface area contributed by atoms with Crippen LogP contribution in [0, 0.1) is 0 Å². The van der Waals surface area contributed by atoms with E-state index < -0.39 is 0 Å². The van der Waals surface area contributed by atoms with Crippen molar-refractivity contribution in [2.24, 2.45) is 0 Å². The van der Waals surface area contributed by atoms with E-state index in [0.29, 0.717) is 0 Å². The third kappa shape index (κ3) is 6.82. The number of hydrogen-bond donors (Lipinski definition) is 0. The number of halogens is 1. The van der Waals surface area contributed by atoms with Crippen LogP contribution in [0.4, 0.5) is 5.69 Å². The van der Waals surface area contributed by atoms with Crippen molar-refractivity contribution in [1.82, 2.24) is 5.48 Å². The first kappa shape index (κ1) is 25.3. The zero-order valence-electron chi connectivity index (χ0n) is 21.1. The summed E-state index contributed by atoms with van der Waals surface area (Å²) in [6, 6.07) is 16.8. The number of hydrogen-bond acceptors (Lipinski definition) is 1. The van der Waals surface area contributed by atoms with Crippen LogP contribution in [0.2, 0.25) is 5.02 Å². The molecule has 33 heavy (non-hydrogen) atoms. The molecule has 1 aromatic heterocycles. The number of benzene rings is 2. The Hall–Kier alpha value is -2.36. The predicted octanol–water partition coefficient (Wildman–Crippen LogP) is 8.03. The average Bonchev–Trinajstić information content (AvgIpc) is 2.75. The van der Waals surface area contributed by atoms with E-state index in [1.165, 1.54) is 24.0 Å². The molecule has 0 aliphatic carbocycles. The van der Waals surface area contributed by atoms with Gasteiger partial charge in [-0.15, -0.1) is 5.48 Å². The first-order valence-corrected chi connectivity index (χ1v) is 12.2. The SMILES string of the molecule is CCCC[n+]1ccc(-c2cc(-c3ccc(Cl)cc3)c([N]OC(C)(C)C)c(C(C)(C)C)c2)cc1. The predicted molar refractivity (Wildman–Crippen MR) is 139 cm³/mol. The van der Waals surface area contributed by atoms with E-state index in [1.54, 1.807) is 0 Å². The number of pyridine rings is 1. The molecule has 0 aliphatic heterocycles. The fourth-order valence-electron chi connectivity index (χ4n) is 3.64. The summed E-state index contributed by atoms with van der Waals surface area (Å²) in [5.74, 6) is 0. The smallest absolute Gasteiger partial charge is 0.169 e. The average molecular weight is 465 g/mol. The Morgan fingerprint density at radius 2 is 1.48 bits per heavy atom. The van der Waals surface area contributed by atoms with Crippen LogP contribution >= 0.6 is 11.6 Å². The van der Waals surface area contributed by atoms with Gasteiger partial charge in [0.25, 0.3) is 0 Å². The molecule has 0 amide bonds. The van der Waals surface area contributed by atoms with Crippen LogP contribution in [0.25, 0.3) is 22.3 Å². The van der Waals surface area contributed by atoms with Crippen molar-refractivity contribution in [3.8, 4) is 22.3 Å². The van der Waals surface area contributed by atoms with Gasteiger partial charge in [-0.05, 0) is 72.7 Å². The maximum absolute atomic E-state index is 6.19. The lowest BCUT2D eigenvalue weighted by molar-refractivity contribution is -0.697. The van der Waals surface area contributed by atoms with Gasteiger partial charge in [0, 0.05) is 29.1 Å². The Balaban J connectivity index is 2.17. The van der Waals surface area contributed by atoms with E-state index in [2.05, 4.69) is 74.4 Å². The Kier molecular flexibility index (Phi) is 7.87. The van der Waals surface area contributed by atoms with E-state index in [0.717, 1.165) is 33.9 Å². The van der Waals surface area contributed by atoms with Crippen molar-refractivity contribution in [3.05, 3.63) is 71.5 Å².